The molecule has 1 atom stereocenters. The van der Waals surface area contributed by atoms with Crippen LogP contribution >= 0.6 is 11.6 Å². The van der Waals surface area contributed by atoms with Crippen molar-refractivity contribution < 1.29 is 9.18 Å². The van der Waals surface area contributed by atoms with Crippen molar-refractivity contribution in [1.29, 1.82) is 0 Å². The van der Waals surface area contributed by atoms with E-state index in [-0.39, 0.29) is 22.5 Å². The van der Waals surface area contributed by atoms with E-state index in [2.05, 4.69) is 16.8 Å². The summed E-state index contributed by atoms with van der Waals surface area (Å²) in [5.41, 5.74) is 1.16. The van der Waals surface area contributed by atoms with E-state index >= 15 is 0 Å². The van der Waals surface area contributed by atoms with Gasteiger partial charge >= 0.3 is 0 Å². The SMILES string of the molecule is C[C@H](c1ccncc1)N1CCN(C(=O)c2c(F)cccc2Cl)CC1. The number of halogens is 2. The molecule has 0 aliphatic carbocycles. The standard InChI is InChI=1S/C18H19ClFN3O/c1-13(14-5-7-21-8-6-14)22-9-11-23(12-10-22)18(24)17-15(19)3-2-4-16(17)20/h2-8,13H,9-12H2,1H3/t13-/m1/s1. The van der Waals surface area contributed by atoms with E-state index in [0.29, 0.717) is 13.1 Å². The van der Waals surface area contributed by atoms with Crippen molar-refractivity contribution in [2.75, 3.05) is 26.2 Å². The number of carbonyl (C=O) groups excluding carboxylic acids is 1. The van der Waals surface area contributed by atoms with Crippen molar-refractivity contribution in [2.45, 2.75) is 13.0 Å². The average molecular weight is 348 g/mol. The number of pyridine rings is 1. The van der Waals surface area contributed by atoms with Crippen LogP contribution in [0.5, 0.6) is 0 Å². The molecule has 0 spiro atoms. The average Bonchev–Trinajstić information content (AvgIpc) is 2.62. The monoisotopic (exact) mass is 347 g/mol. The van der Waals surface area contributed by atoms with Gasteiger partial charge in [0.1, 0.15) is 5.82 Å². The molecule has 0 bridgehead atoms. The predicted octanol–water partition coefficient (Wildman–Crippen LogP) is 3.39. The number of amides is 1. The van der Waals surface area contributed by atoms with Crippen LogP contribution in [0, 0.1) is 5.82 Å². The lowest BCUT2D eigenvalue weighted by atomic mass is 10.1. The maximum atomic E-state index is 13.9. The van der Waals surface area contributed by atoms with Gasteiger partial charge in [-0.15, -0.1) is 0 Å². The Bertz CT molecular complexity index is 697. The molecule has 1 saturated heterocycles. The highest BCUT2D eigenvalue weighted by atomic mass is 35.5. The van der Waals surface area contributed by atoms with Gasteiger partial charge in [-0.2, -0.15) is 0 Å². The molecule has 0 saturated carbocycles. The summed E-state index contributed by atoms with van der Waals surface area (Å²) in [4.78, 5) is 20.6. The van der Waals surface area contributed by atoms with E-state index in [4.69, 9.17) is 11.6 Å². The lowest BCUT2D eigenvalue weighted by Crippen LogP contribution is -2.49. The third-order valence-corrected chi connectivity index (χ3v) is 4.83. The molecule has 1 aromatic carbocycles. The molecule has 2 aromatic rings. The van der Waals surface area contributed by atoms with Crippen LogP contribution in [0.1, 0.15) is 28.9 Å². The molecule has 2 heterocycles. The van der Waals surface area contributed by atoms with Crippen molar-refractivity contribution in [3.05, 3.63) is 64.7 Å². The summed E-state index contributed by atoms with van der Waals surface area (Å²) < 4.78 is 13.9. The van der Waals surface area contributed by atoms with E-state index in [1.54, 1.807) is 23.4 Å². The fraction of sp³-hybridized carbons (Fsp3) is 0.333. The van der Waals surface area contributed by atoms with Gasteiger partial charge in [-0.05, 0) is 36.8 Å². The normalized spacial score (nSPS) is 16.9. The van der Waals surface area contributed by atoms with Crippen molar-refractivity contribution >= 4 is 17.5 Å². The molecule has 1 aliphatic rings. The Hall–Kier alpha value is -1.98. The Morgan fingerprint density at radius 1 is 1.17 bits per heavy atom. The zero-order valence-corrected chi connectivity index (χ0v) is 14.2. The summed E-state index contributed by atoms with van der Waals surface area (Å²) in [5, 5.41) is 0.160. The molecule has 1 fully saturated rings. The summed E-state index contributed by atoms with van der Waals surface area (Å²) in [5.74, 6) is -0.908. The lowest BCUT2D eigenvalue weighted by Gasteiger charge is -2.38. The van der Waals surface area contributed by atoms with Crippen LogP contribution in [0.25, 0.3) is 0 Å². The highest BCUT2D eigenvalue weighted by Gasteiger charge is 2.27. The smallest absolute Gasteiger partial charge is 0.258 e. The Labute approximate surface area is 145 Å². The van der Waals surface area contributed by atoms with Gasteiger partial charge in [0.25, 0.3) is 5.91 Å². The predicted molar refractivity (Wildman–Crippen MR) is 91.5 cm³/mol. The minimum Gasteiger partial charge on any atom is -0.336 e. The second-order valence-corrected chi connectivity index (χ2v) is 6.29. The fourth-order valence-corrected chi connectivity index (χ4v) is 3.27. The highest BCUT2D eigenvalue weighted by Crippen LogP contribution is 2.24. The van der Waals surface area contributed by atoms with Gasteiger partial charge in [-0.25, -0.2) is 4.39 Å². The summed E-state index contributed by atoms with van der Waals surface area (Å²) in [6, 6.07) is 8.56. The minimum absolute atomic E-state index is 0.0326. The van der Waals surface area contributed by atoms with Crippen molar-refractivity contribution in [2.24, 2.45) is 0 Å². The Morgan fingerprint density at radius 3 is 2.46 bits per heavy atom. The summed E-state index contributed by atoms with van der Waals surface area (Å²) in [6.07, 6.45) is 3.57. The van der Waals surface area contributed by atoms with Crippen LogP contribution in [0.3, 0.4) is 0 Å². The first-order chi connectivity index (χ1) is 11.6. The Kier molecular flexibility index (Phi) is 5.11. The zero-order chi connectivity index (χ0) is 17.1. The number of hydrogen-bond acceptors (Lipinski definition) is 3. The fourth-order valence-electron chi connectivity index (χ4n) is 3.03. The molecule has 1 amide bonds. The zero-order valence-electron chi connectivity index (χ0n) is 13.5. The first-order valence-electron chi connectivity index (χ1n) is 7.95. The third-order valence-electron chi connectivity index (χ3n) is 4.51. The molecular weight excluding hydrogens is 329 g/mol. The maximum absolute atomic E-state index is 13.9. The lowest BCUT2D eigenvalue weighted by molar-refractivity contribution is 0.0578. The van der Waals surface area contributed by atoms with Gasteiger partial charge in [0, 0.05) is 44.6 Å². The molecule has 3 rings (SSSR count). The largest absolute Gasteiger partial charge is 0.336 e. The molecule has 24 heavy (non-hydrogen) atoms. The van der Waals surface area contributed by atoms with Crippen LogP contribution in [0.2, 0.25) is 5.02 Å². The molecule has 0 unspecified atom stereocenters. The molecule has 1 aromatic heterocycles. The number of benzene rings is 1. The number of rotatable bonds is 3. The molecular formula is C18H19ClFN3O. The summed E-state index contributed by atoms with van der Waals surface area (Å²) in [6.45, 7) is 4.72. The van der Waals surface area contributed by atoms with Crippen molar-refractivity contribution in [3.63, 3.8) is 0 Å². The molecule has 6 heteroatoms. The van der Waals surface area contributed by atoms with E-state index in [0.717, 1.165) is 13.1 Å². The summed E-state index contributed by atoms with van der Waals surface area (Å²) >= 11 is 6.00. The molecule has 0 radical (unpaired) electrons. The maximum Gasteiger partial charge on any atom is 0.258 e. The Balaban J connectivity index is 1.66. The number of nitrogens with zero attached hydrogens (tertiary/aromatic N) is 3. The molecule has 126 valence electrons. The first-order valence-corrected chi connectivity index (χ1v) is 8.33. The van der Waals surface area contributed by atoms with Crippen LogP contribution in [-0.4, -0.2) is 46.9 Å². The second-order valence-electron chi connectivity index (χ2n) is 5.88. The van der Waals surface area contributed by atoms with Crippen molar-refractivity contribution in [1.82, 2.24) is 14.8 Å². The minimum atomic E-state index is -0.569. The van der Waals surface area contributed by atoms with Gasteiger partial charge in [-0.1, -0.05) is 17.7 Å². The van der Waals surface area contributed by atoms with Gasteiger partial charge in [0.15, 0.2) is 0 Å². The number of piperazine rings is 1. The summed E-state index contributed by atoms with van der Waals surface area (Å²) in [7, 11) is 0. The molecule has 1 aliphatic heterocycles. The third kappa shape index (κ3) is 3.42. The number of hydrogen-bond donors (Lipinski definition) is 0. The number of carbonyl (C=O) groups is 1. The van der Waals surface area contributed by atoms with Gasteiger partial charge in [0.05, 0.1) is 10.6 Å². The number of aromatic nitrogens is 1. The highest BCUT2D eigenvalue weighted by molar-refractivity contribution is 6.33. The van der Waals surface area contributed by atoms with E-state index in [9.17, 15) is 9.18 Å². The van der Waals surface area contributed by atoms with Gasteiger partial charge < -0.3 is 4.90 Å². The van der Waals surface area contributed by atoms with Gasteiger partial charge in [-0.3, -0.25) is 14.7 Å². The topological polar surface area (TPSA) is 36.4 Å². The molecule has 0 N–H and O–H groups in total. The van der Waals surface area contributed by atoms with Crippen LogP contribution in [-0.2, 0) is 0 Å². The van der Waals surface area contributed by atoms with E-state index < -0.39 is 5.82 Å². The Morgan fingerprint density at radius 2 is 1.83 bits per heavy atom. The van der Waals surface area contributed by atoms with Crippen LogP contribution in [0.15, 0.2) is 42.7 Å². The van der Waals surface area contributed by atoms with Gasteiger partial charge in [0.2, 0.25) is 0 Å². The van der Waals surface area contributed by atoms with E-state index in [1.165, 1.54) is 17.7 Å². The second kappa shape index (κ2) is 7.28. The molecule has 4 nitrogen and oxygen atoms in total. The quantitative estimate of drug-likeness (QED) is 0.854. The van der Waals surface area contributed by atoms with E-state index in [1.807, 2.05) is 12.1 Å². The first kappa shape index (κ1) is 16.9. The van der Waals surface area contributed by atoms with Crippen molar-refractivity contribution in [3.8, 4) is 0 Å². The van der Waals surface area contributed by atoms with Crippen LogP contribution < -0.4 is 0 Å². The van der Waals surface area contributed by atoms with Crippen LogP contribution in [0.4, 0.5) is 4.39 Å².